The van der Waals surface area contributed by atoms with E-state index in [-0.39, 0.29) is 12.5 Å². The number of aryl methyl sites for hydroxylation is 1. The van der Waals surface area contributed by atoms with Crippen LogP contribution in [0.1, 0.15) is 17.2 Å². The Kier molecular flexibility index (Phi) is 5.22. The summed E-state index contributed by atoms with van der Waals surface area (Å²) in [4.78, 5) is 24.0. The van der Waals surface area contributed by atoms with Gasteiger partial charge in [0.15, 0.2) is 23.1 Å². The van der Waals surface area contributed by atoms with E-state index in [4.69, 9.17) is 9.47 Å². The predicted octanol–water partition coefficient (Wildman–Crippen LogP) is 3.54. The molecule has 2 amide bonds. The summed E-state index contributed by atoms with van der Waals surface area (Å²) in [7, 11) is 4.63. The lowest BCUT2D eigenvalue weighted by atomic mass is 10.1. The number of guanidine groups is 2. The summed E-state index contributed by atoms with van der Waals surface area (Å²) in [5.41, 5.74) is 1.98. The molecule has 0 saturated heterocycles. The molecule has 8 nitrogen and oxygen atoms in total. The first-order valence-corrected chi connectivity index (χ1v) is 9.48. The fourth-order valence-corrected chi connectivity index (χ4v) is 3.58. The van der Waals surface area contributed by atoms with Crippen LogP contribution >= 0.6 is 0 Å². The molecule has 0 fully saturated rings. The van der Waals surface area contributed by atoms with Crippen LogP contribution in [0.2, 0.25) is 0 Å². The molecule has 0 aliphatic carbocycles. The first-order valence-electron chi connectivity index (χ1n) is 9.48. The van der Waals surface area contributed by atoms with Gasteiger partial charge in [-0.3, -0.25) is 9.80 Å². The summed E-state index contributed by atoms with van der Waals surface area (Å²) in [6, 6.07) is 6.27. The van der Waals surface area contributed by atoms with Crippen LogP contribution in [0, 0.1) is 18.6 Å². The molecule has 1 unspecified atom stereocenters. The summed E-state index contributed by atoms with van der Waals surface area (Å²) in [6.45, 7) is 2.12. The molecule has 2 heterocycles. The molecule has 1 N–H and O–H groups in total. The quantitative estimate of drug-likeness (QED) is 0.805. The average Bonchev–Trinajstić information content (AvgIpc) is 3.20. The van der Waals surface area contributed by atoms with Crippen molar-refractivity contribution in [3.05, 3.63) is 53.1 Å². The number of carbonyl (C=O) groups excluding carboxylic acids is 1. The molecular formula is C21H21F2N5O3. The molecule has 1 atom stereocenters. The van der Waals surface area contributed by atoms with Gasteiger partial charge >= 0.3 is 6.03 Å². The van der Waals surface area contributed by atoms with Crippen LogP contribution < -0.4 is 14.8 Å². The maximum atomic E-state index is 13.9. The maximum absolute atomic E-state index is 13.9. The zero-order valence-electron chi connectivity index (χ0n) is 17.4. The van der Waals surface area contributed by atoms with Crippen molar-refractivity contribution >= 4 is 23.6 Å². The Hall–Kier alpha value is -3.69. The van der Waals surface area contributed by atoms with Gasteiger partial charge in [-0.25, -0.2) is 18.6 Å². The summed E-state index contributed by atoms with van der Waals surface area (Å²) < 4.78 is 38.0. The molecule has 2 aliphatic heterocycles. The van der Waals surface area contributed by atoms with Crippen molar-refractivity contribution in [2.75, 3.05) is 33.1 Å². The highest BCUT2D eigenvalue weighted by Gasteiger charge is 2.40. The first kappa shape index (κ1) is 20.6. The first-order chi connectivity index (χ1) is 14.8. The number of urea groups is 1. The number of amides is 2. The number of nitrogens with zero attached hydrogens (tertiary/aromatic N) is 4. The van der Waals surface area contributed by atoms with Gasteiger partial charge in [0.05, 0.1) is 26.8 Å². The van der Waals surface area contributed by atoms with Crippen molar-refractivity contribution < 1.29 is 23.0 Å². The Morgan fingerprint density at radius 3 is 2.48 bits per heavy atom. The molecule has 0 spiro atoms. The molecule has 4 rings (SSSR count). The third-order valence-electron chi connectivity index (χ3n) is 5.25. The summed E-state index contributed by atoms with van der Waals surface area (Å²) >= 11 is 0. The van der Waals surface area contributed by atoms with E-state index in [0.29, 0.717) is 28.7 Å². The highest BCUT2D eigenvalue weighted by molar-refractivity contribution is 6.17. The molecule has 2 aromatic rings. The fourth-order valence-electron chi connectivity index (χ4n) is 3.58. The minimum absolute atomic E-state index is 0.226. The van der Waals surface area contributed by atoms with Gasteiger partial charge in [-0.15, -0.1) is 0 Å². The largest absolute Gasteiger partial charge is 0.493 e. The van der Waals surface area contributed by atoms with E-state index in [2.05, 4.69) is 15.3 Å². The molecule has 0 bridgehead atoms. The number of anilines is 1. The van der Waals surface area contributed by atoms with E-state index >= 15 is 0 Å². The number of carbonyl (C=O) groups is 1. The van der Waals surface area contributed by atoms with E-state index in [1.165, 1.54) is 18.1 Å². The summed E-state index contributed by atoms with van der Waals surface area (Å²) in [6.07, 6.45) is 0. The lowest BCUT2D eigenvalue weighted by Crippen LogP contribution is -2.53. The zero-order chi connectivity index (χ0) is 22.3. The SMILES string of the molecule is COc1cc(C)c(NC2=NC(=O)N(C)C3=NCC(c4ccc(F)c(F)c4)N23)cc1OC. The lowest BCUT2D eigenvalue weighted by molar-refractivity contribution is 0.230. The lowest BCUT2D eigenvalue weighted by Gasteiger charge is -2.35. The van der Waals surface area contributed by atoms with Crippen molar-refractivity contribution in [2.45, 2.75) is 13.0 Å². The van der Waals surface area contributed by atoms with Gasteiger partial charge in [0, 0.05) is 18.8 Å². The van der Waals surface area contributed by atoms with Gasteiger partial charge in [0.1, 0.15) is 0 Å². The zero-order valence-corrected chi connectivity index (χ0v) is 17.4. The summed E-state index contributed by atoms with van der Waals surface area (Å²) in [5, 5.41) is 3.17. The summed E-state index contributed by atoms with van der Waals surface area (Å²) in [5.74, 6) is -0.214. The molecule has 0 saturated carbocycles. The van der Waals surface area contributed by atoms with Crippen molar-refractivity contribution in [3.63, 3.8) is 0 Å². The highest BCUT2D eigenvalue weighted by atomic mass is 19.2. The van der Waals surface area contributed by atoms with E-state index in [9.17, 15) is 13.6 Å². The Labute approximate surface area is 177 Å². The number of nitrogens with one attached hydrogen (secondary N) is 1. The van der Waals surface area contributed by atoms with Crippen molar-refractivity contribution in [2.24, 2.45) is 9.98 Å². The second-order valence-corrected chi connectivity index (χ2v) is 7.12. The maximum Gasteiger partial charge on any atom is 0.353 e. The molecule has 0 aromatic heterocycles. The smallest absolute Gasteiger partial charge is 0.353 e. The monoisotopic (exact) mass is 429 g/mol. The Morgan fingerprint density at radius 1 is 1.10 bits per heavy atom. The van der Waals surface area contributed by atoms with Crippen LogP contribution in [-0.2, 0) is 0 Å². The molecule has 2 aromatic carbocycles. The topological polar surface area (TPSA) is 78.8 Å². The Balaban J connectivity index is 1.74. The van der Waals surface area contributed by atoms with Crippen molar-refractivity contribution in [3.8, 4) is 11.5 Å². The van der Waals surface area contributed by atoms with E-state index in [1.54, 1.807) is 31.2 Å². The van der Waals surface area contributed by atoms with Crippen molar-refractivity contribution in [1.82, 2.24) is 9.80 Å². The van der Waals surface area contributed by atoms with E-state index in [1.807, 2.05) is 6.92 Å². The van der Waals surface area contributed by atoms with Gasteiger partial charge in [-0.1, -0.05) is 6.07 Å². The normalized spacial score (nSPS) is 17.9. The third-order valence-corrected chi connectivity index (χ3v) is 5.25. The van der Waals surface area contributed by atoms with Gasteiger partial charge < -0.3 is 14.8 Å². The molecule has 31 heavy (non-hydrogen) atoms. The minimum Gasteiger partial charge on any atom is -0.493 e. The second-order valence-electron chi connectivity index (χ2n) is 7.12. The number of halogens is 2. The Morgan fingerprint density at radius 2 is 1.81 bits per heavy atom. The van der Waals surface area contributed by atoms with Crippen LogP contribution in [0.15, 0.2) is 40.3 Å². The second kappa shape index (κ2) is 7.86. The van der Waals surface area contributed by atoms with Crippen LogP contribution in [0.25, 0.3) is 0 Å². The van der Waals surface area contributed by atoms with Crippen LogP contribution in [-0.4, -0.2) is 55.6 Å². The van der Waals surface area contributed by atoms with E-state index in [0.717, 1.165) is 17.7 Å². The molecule has 0 radical (unpaired) electrons. The number of aliphatic imine (C=N–C) groups is 2. The number of rotatable bonds is 4. The fraction of sp³-hybridized carbons (Fsp3) is 0.286. The van der Waals surface area contributed by atoms with Crippen LogP contribution in [0.3, 0.4) is 0 Å². The third kappa shape index (κ3) is 3.54. The average molecular weight is 429 g/mol. The number of hydrogen-bond donors (Lipinski definition) is 1. The van der Waals surface area contributed by atoms with Gasteiger partial charge in [0.2, 0.25) is 11.9 Å². The minimum atomic E-state index is -0.949. The molecule has 162 valence electrons. The molecular weight excluding hydrogens is 408 g/mol. The van der Waals surface area contributed by atoms with Gasteiger partial charge in [0.25, 0.3) is 0 Å². The number of methoxy groups -OCH3 is 2. The number of fused-ring (bicyclic) bond motifs is 1. The molecule has 2 aliphatic rings. The van der Waals surface area contributed by atoms with Crippen LogP contribution in [0.5, 0.6) is 11.5 Å². The van der Waals surface area contributed by atoms with E-state index < -0.39 is 23.7 Å². The standard InChI is InChI=1S/C21H21F2N5O3/c1-11-7-17(30-3)18(31-4)9-15(11)25-19-26-21(29)27(2)20-24-10-16(28(19)20)12-5-6-13(22)14(23)8-12/h5-9,16H,10H2,1-4H3,(H,25,26,29). The van der Waals surface area contributed by atoms with Crippen LogP contribution in [0.4, 0.5) is 19.3 Å². The predicted molar refractivity (Wildman–Crippen MR) is 112 cm³/mol. The van der Waals surface area contributed by atoms with Gasteiger partial charge in [-0.2, -0.15) is 4.99 Å². The van der Waals surface area contributed by atoms with Crippen molar-refractivity contribution in [1.29, 1.82) is 0 Å². The number of benzene rings is 2. The van der Waals surface area contributed by atoms with Gasteiger partial charge in [-0.05, 0) is 36.2 Å². The Bertz CT molecular complexity index is 1120. The molecule has 10 heteroatoms. The number of hydrogen-bond acceptors (Lipinski definition) is 6. The number of ether oxygens (including phenoxy) is 2. The highest BCUT2D eigenvalue weighted by Crippen LogP contribution is 2.35.